The topological polar surface area (TPSA) is 59.1 Å². The minimum Gasteiger partial charge on any atom is -0.663 e. The van der Waals surface area contributed by atoms with E-state index in [2.05, 4.69) is 287 Å². The van der Waals surface area contributed by atoms with E-state index in [0.717, 1.165) is 45.2 Å². The zero-order valence-electron chi connectivity index (χ0n) is 57.5. The molecule has 1 atom stereocenters. The summed E-state index contributed by atoms with van der Waals surface area (Å²) < 4.78 is 0. The van der Waals surface area contributed by atoms with Gasteiger partial charge in [0, 0.05) is 45.3 Å². The van der Waals surface area contributed by atoms with Crippen molar-refractivity contribution < 1.29 is 52.4 Å². The third kappa shape index (κ3) is 104. The van der Waals surface area contributed by atoms with Crippen molar-refractivity contribution in [2.24, 2.45) is 4.99 Å². The van der Waals surface area contributed by atoms with Crippen LogP contribution in [-0.4, -0.2) is 117 Å². The van der Waals surface area contributed by atoms with E-state index in [1.807, 2.05) is 0 Å². The first kappa shape index (κ1) is 93.6. The molecule has 0 bridgehead atoms. The summed E-state index contributed by atoms with van der Waals surface area (Å²) in [5, 5.41) is 13.6. The quantitative estimate of drug-likeness (QED) is 0.0941. The Balaban J connectivity index is -0.000000164. The zero-order valence-corrected chi connectivity index (χ0v) is 69.4. The molecule has 2 aromatic rings. The van der Waals surface area contributed by atoms with E-state index in [4.69, 9.17) is 15.6 Å². The van der Waals surface area contributed by atoms with Gasteiger partial charge in [0.1, 0.15) is 0 Å². The van der Waals surface area contributed by atoms with Crippen molar-refractivity contribution in [1.82, 2.24) is 15.1 Å². The number of nitrogens with one attached hydrogen (secondary N) is 1. The average Bonchev–Trinajstić information content (AvgIpc) is 3.23. The van der Waals surface area contributed by atoms with Gasteiger partial charge in [-0.25, -0.2) is 4.99 Å². The molecule has 2 aromatic carbocycles. The van der Waals surface area contributed by atoms with Gasteiger partial charge in [0.25, 0.3) is 0 Å². The Kier molecular flexibility index (Phi) is 60.4. The van der Waals surface area contributed by atoms with Crippen LogP contribution in [-0.2, 0) is 65.5 Å². The first-order valence-corrected chi connectivity index (χ1v) is 55.8. The summed E-state index contributed by atoms with van der Waals surface area (Å²) in [7, 11) is -6.03. The van der Waals surface area contributed by atoms with E-state index in [1.54, 1.807) is 0 Å². The molecule has 4 rings (SSSR count). The predicted octanol–water partition coefficient (Wildman–Crippen LogP) is 20.6. The van der Waals surface area contributed by atoms with Gasteiger partial charge in [0.05, 0.1) is 6.54 Å². The first-order chi connectivity index (χ1) is 34.7. The van der Waals surface area contributed by atoms with Gasteiger partial charge < -0.3 is 71.6 Å². The molecule has 0 aliphatic heterocycles. The van der Waals surface area contributed by atoms with Crippen LogP contribution in [0.1, 0.15) is 103 Å². The van der Waals surface area contributed by atoms with Crippen molar-refractivity contribution in [3.8, 4) is 0 Å². The van der Waals surface area contributed by atoms with Crippen LogP contribution in [0, 0.1) is 45.8 Å². The molecule has 0 saturated heterocycles. The van der Waals surface area contributed by atoms with Crippen molar-refractivity contribution in [3.05, 3.63) is 128 Å². The summed E-state index contributed by atoms with van der Waals surface area (Å²) in [6.45, 7) is 88.2. The van der Waals surface area contributed by atoms with Gasteiger partial charge in [0.15, 0.2) is 5.96 Å². The maximum Gasteiger partial charge on any atom is 4.00 e. The summed E-state index contributed by atoms with van der Waals surface area (Å²) in [4.78, 5) is 9.55. The smallest absolute Gasteiger partial charge is 0.663 e. The second kappa shape index (κ2) is 51.0. The van der Waals surface area contributed by atoms with Crippen LogP contribution < -0.4 is 5.32 Å². The molecular weight excluding hydrogens is 1230 g/mol. The predicted molar refractivity (Wildman–Crippen MR) is 382 cm³/mol. The normalized spacial score (nSPS) is 14.6. The second-order valence-corrected chi connectivity index (χ2v) is 65.4. The maximum absolute atomic E-state index is 5.05. The molecule has 0 aromatic heterocycles. The maximum atomic E-state index is 5.05. The molecule has 79 heavy (non-hydrogen) atoms. The fraction of sp³-hybridized carbons (Fsp3) is 0.688. The van der Waals surface area contributed by atoms with Crippen molar-refractivity contribution in [3.63, 3.8) is 0 Å². The van der Waals surface area contributed by atoms with E-state index in [-0.39, 0.29) is 58.7 Å². The molecule has 15 heteroatoms. The summed E-state index contributed by atoms with van der Waals surface area (Å²) in [6.07, 6.45) is 13.2. The van der Waals surface area contributed by atoms with Crippen molar-refractivity contribution in [2.75, 3.05) is 26.2 Å². The SMILES string of the molecule is CCN(CC)C(=NCc1ccccc1)NC1CCCCC1.CCN(CC)C([N-]Cc1ccccc1)[N-]C1CCCCC1.[CH2-][Si](C)(C)C.[CH2-][Si](C)(C)C.[CH2-][Si](C)(C)C.[CH2-][Si](C)(C)C.[CH2-][Si](C)(C)C.[CH2-][Si](C)(C)C.[CH2-][Si](C)(C)C.[Zr+4].[Zr]. The number of benzene rings is 2. The van der Waals surface area contributed by atoms with Crippen molar-refractivity contribution in [1.29, 1.82) is 0 Å². The Labute approximate surface area is 545 Å². The minimum atomic E-state index is -0.861. The summed E-state index contributed by atoms with van der Waals surface area (Å²) in [5.41, 5.74) is 2.54. The number of nitrogens with zero attached hydrogens (tertiary/aromatic N) is 5. The molecule has 1 unspecified atom stereocenters. The summed E-state index contributed by atoms with van der Waals surface area (Å²) in [6, 6.07) is 22.1. The molecule has 0 radical (unpaired) electrons. The zero-order chi connectivity index (χ0) is 61.3. The second-order valence-electron chi connectivity index (χ2n) is 29.5. The van der Waals surface area contributed by atoms with Crippen LogP contribution in [0.25, 0.3) is 10.6 Å². The number of hydrogen-bond acceptors (Lipinski definition) is 2. The number of hydrogen-bond donors (Lipinski definition) is 1. The third-order valence-corrected chi connectivity index (χ3v) is 8.59. The third-order valence-electron chi connectivity index (χ3n) is 8.59. The largest absolute Gasteiger partial charge is 4.00 e. The fourth-order valence-electron chi connectivity index (χ4n) is 5.94. The summed E-state index contributed by atoms with van der Waals surface area (Å²) in [5.74, 6) is 1.08. The molecule has 1 N–H and O–H groups in total. The fourth-order valence-corrected chi connectivity index (χ4v) is 5.94. The number of guanidine groups is 1. The van der Waals surface area contributed by atoms with Gasteiger partial charge >= 0.3 is 26.2 Å². The van der Waals surface area contributed by atoms with Crippen molar-refractivity contribution in [2.45, 2.75) is 261 Å². The van der Waals surface area contributed by atoms with Gasteiger partial charge in [-0.05, 0) is 45.3 Å². The number of rotatable bonds is 13. The Morgan fingerprint density at radius 1 is 0.481 bits per heavy atom. The molecular formula is C64H135N6Si7Zr2-5. The Morgan fingerprint density at radius 2 is 0.772 bits per heavy atom. The van der Waals surface area contributed by atoms with E-state index in [1.165, 1.54) is 75.3 Å². The van der Waals surface area contributed by atoms with E-state index in [0.29, 0.717) is 12.1 Å². The Morgan fingerprint density at radius 3 is 1.06 bits per heavy atom. The molecule has 6 nitrogen and oxygen atoms in total. The standard InChI is InChI=1S/2C18H29N3.7C4H11Si.2Zr/c2*1-3-21(4-2)18(20-17-13-9-6-10-14-17)19-15-16-11-7-5-8-12-16;7*1-5(2,3)4;;/h5,7-8,11-12,17H,3-4,6,9-10,13-15H2,1-2H3,(H,19,20);5,7-8,11-12,17-18H,3-4,6,9-10,13-15H2,1-2H3;7*1H2,2-4H3;;/q;-2;7*-1;;+4. The van der Waals surface area contributed by atoms with Gasteiger partial charge in [-0.2, -0.15) is 6.29 Å². The molecule has 462 valence electrons. The van der Waals surface area contributed by atoms with Gasteiger partial charge in [0.2, 0.25) is 0 Å². The molecule has 0 amide bonds. The number of aliphatic imine (C=N–C) groups is 1. The van der Waals surface area contributed by atoms with Crippen LogP contribution in [0.15, 0.2) is 65.7 Å². The molecule has 2 aliphatic carbocycles. The van der Waals surface area contributed by atoms with Crippen LogP contribution in [0.4, 0.5) is 0 Å². The average molecular weight is 1370 g/mol. The molecule has 2 aliphatic rings. The minimum absolute atomic E-state index is 0. The van der Waals surface area contributed by atoms with Gasteiger partial charge in [-0.3, -0.25) is 0 Å². The Hall–Kier alpha value is 0.874. The Bertz CT molecular complexity index is 1450. The van der Waals surface area contributed by atoms with Crippen molar-refractivity contribution >= 4 is 62.5 Å². The summed E-state index contributed by atoms with van der Waals surface area (Å²) >= 11 is 0. The van der Waals surface area contributed by atoms with Crippen LogP contribution in [0.5, 0.6) is 0 Å². The van der Waals surface area contributed by atoms with Crippen LogP contribution in [0.2, 0.25) is 137 Å². The molecule has 0 heterocycles. The van der Waals surface area contributed by atoms with E-state index < -0.39 is 56.5 Å². The first-order valence-electron chi connectivity index (χ1n) is 29.9. The monoisotopic (exact) mass is 1360 g/mol. The molecule has 2 saturated carbocycles. The van der Waals surface area contributed by atoms with Crippen LogP contribution in [0.3, 0.4) is 0 Å². The molecule has 0 spiro atoms. The molecule has 2 fully saturated rings. The van der Waals surface area contributed by atoms with E-state index >= 15 is 0 Å². The van der Waals surface area contributed by atoms with Gasteiger partial charge in [-0.15, -0.1) is 69.1 Å². The van der Waals surface area contributed by atoms with Crippen LogP contribution >= 0.6 is 0 Å². The van der Waals surface area contributed by atoms with E-state index in [9.17, 15) is 0 Å². The van der Waals surface area contributed by atoms with Gasteiger partial charge in [-0.1, -0.05) is 269 Å².